The lowest BCUT2D eigenvalue weighted by Gasteiger charge is -2.31. The van der Waals surface area contributed by atoms with Crippen molar-refractivity contribution in [3.05, 3.63) is 38.7 Å². The van der Waals surface area contributed by atoms with Gasteiger partial charge in [0.05, 0.1) is 0 Å². The maximum atomic E-state index is 12.2. The number of thiophene rings is 1. The Bertz CT molecular complexity index is 648. The first kappa shape index (κ1) is 13.9. The standard InChI is InChI=1S/C13H17N5O2S/c19-12-15-11(16-17-12)10-2-1-4-18(7-10)13(20)14-6-9-3-5-21-8-9/h3,5,8,10H,1-2,4,6-7H2,(H,14,20)(H2,15,16,17,19). The highest BCUT2D eigenvalue weighted by Gasteiger charge is 2.26. The molecule has 1 aliphatic heterocycles. The first-order valence-electron chi connectivity index (χ1n) is 6.91. The maximum absolute atomic E-state index is 12.2. The number of carbonyl (C=O) groups excluding carboxylic acids is 1. The molecule has 1 fully saturated rings. The number of amides is 2. The summed E-state index contributed by atoms with van der Waals surface area (Å²) in [6, 6.07) is 1.93. The Morgan fingerprint density at radius 1 is 1.57 bits per heavy atom. The molecule has 1 saturated heterocycles. The first-order chi connectivity index (χ1) is 10.2. The van der Waals surface area contributed by atoms with Gasteiger partial charge < -0.3 is 10.2 Å². The van der Waals surface area contributed by atoms with E-state index in [0.717, 1.165) is 24.9 Å². The number of H-pyrrole nitrogens is 2. The lowest BCUT2D eigenvalue weighted by atomic mass is 9.98. The smallest absolute Gasteiger partial charge is 0.334 e. The van der Waals surface area contributed by atoms with Crippen molar-refractivity contribution < 1.29 is 4.79 Å². The Morgan fingerprint density at radius 2 is 2.48 bits per heavy atom. The summed E-state index contributed by atoms with van der Waals surface area (Å²) in [7, 11) is 0. The first-order valence-corrected chi connectivity index (χ1v) is 7.85. The molecule has 0 saturated carbocycles. The molecule has 0 aliphatic carbocycles. The van der Waals surface area contributed by atoms with Crippen LogP contribution < -0.4 is 11.0 Å². The lowest BCUT2D eigenvalue weighted by Crippen LogP contribution is -2.44. The van der Waals surface area contributed by atoms with Gasteiger partial charge in [0.25, 0.3) is 0 Å². The van der Waals surface area contributed by atoms with E-state index in [2.05, 4.69) is 20.5 Å². The van der Waals surface area contributed by atoms with E-state index in [-0.39, 0.29) is 17.6 Å². The number of likely N-dealkylation sites (tertiary alicyclic amines) is 1. The number of piperidine rings is 1. The fraction of sp³-hybridized carbons (Fsp3) is 0.462. The third kappa shape index (κ3) is 3.33. The second-order valence-corrected chi connectivity index (χ2v) is 5.92. The summed E-state index contributed by atoms with van der Waals surface area (Å²) in [5.74, 6) is 0.722. The van der Waals surface area contributed by atoms with Crippen LogP contribution in [0.25, 0.3) is 0 Å². The Kier molecular flexibility index (Phi) is 4.05. The molecule has 21 heavy (non-hydrogen) atoms. The van der Waals surface area contributed by atoms with Gasteiger partial charge in [-0.25, -0.2) is 14.7 Å². The zero-order chi connectivity index (χ0) is 14.7. The third-order valence-corrected chi connectivity index (χ3v) is 4.37. The zero-order valence-corrected chi connectivity index (χ0v) is 12.3. The second-order valence-electron chi connectivity index (χ2n) is 5.14. The quantitative estimate of drug-likeness (QED) is 0.796. The minimum Gasteiger partial charge on any atom is -0.334 e. The largest absolute Gasteiger partial charge is 0.340 e. The number of hydrogen-bond donors (Lipinski definition) is 3. The highest BCUT2D eigenvalue weighted by atomic mass is 32.1. The van der Waals surface area contributed by atoms with E-state index in [1.54, 1.807) is 16.2 Å². The molecular formula is C13H17N5O2S. The topological polar surface area (TPSA) is 93.9 Å². The molecule has 3 N–H and O–H groups in total. The molecule has 0 aromatic carbocycles. The molecule has 7 nitrogen and oxygen atoms in total. The van der Waals surface area contributed by atoms with Gasteiger partial charge in [-0.2, -0.15) is 16.4 Å². The van der Waals surface area contributed by atoms with Gasteiger partial charge in [0.1, 0.15) is 5.82 Å². The average molecular weight is 307 g/mol. The zero-order valence-electron chi connectivity index (χ0n) is 11.5. The summed E-state index contributed by atoms with van der Waals surface area (Å²) in [5.41, 5.74) is 0.808. The van der Waals surface area contributed by atoms with Crippen molar-refractivity contribution in [3.63, 3.8) is 0 Å². The minimum atomic E-state index is -0.302. The van der Waals surface area contributed by atoms with Crippen LogP contribution in [0.3, 0.4) is 0 Å². The molecule has 112 valence electrons. The molecule has 3 rings (SSSR count). The summed E-state index contributed by atoms with van der Waals surface area (Å²) < 4.78 is 0. The SMILES string of the molecule is O=C(NCc1ccsc1)N1CCCC(c2n[nH]c(=O)[nH]2)C1. The highest BCUT2D eigenvalue weighted by molar-refractivity contribution is 7.07. The van der Waals surface area contributed by atoms with Crippen LogP contribution in [0.4, 0.5) is 4.79 Å². The number of hydrogen-bond acceptors (Lipinski definition) is 4. The normalized spacial score (nSPS) is 18.7. The predicted octanol–water partition coefficient (Wildman–Crippen LogP) is 1.25. The van der Waals surface area contributed by atoms with Gasteiger partial charge in [0.2, 0.25) is 0 Å². The van der Waals surface area contributed by atoms with E-state index in [9.17, 15) is 9.59 Å². The molecule has 1 aliphatic rings. The molecule has 0 bridgehead atoms. The van der Waals surface area contributed by atoms with Gasteiger partial charge in [-0.3, -0.25) is 4.98 Å². The van der Waals surface area contributed by atoms with Crippen LogP contribution in [0.2, 0.25) is 0 Å². The summed E-state index contributed by atoms with van der Waals surface area (Å²) >= 11 is 1.62. The monoisotopic (exact) mass is 307 g/mol. The Balaban J connectivity index is 1.57. The molecular weight excluding hydrogens is 290 g/mol. The van der Waals surface area contributed by atoms with E-state index in [1.165, 1.54) is 0 Å². The average Bonchev–Trinajstić information content (AvgIpc) is 3.16. The molecule has 1 atom stereocenters. The van der Waals surface area contributed by atoms with Crippen molar-refractivity contribution >= 4 is 17.4 Å². The summed E-state index contributed by atoms with van der Waals surface area (Å²) in [6.45, 7) is 1.86. The third-order valence-electron chi connectivity index (χ3n) is 3.64. The Morgan fingerprint density at radius 3 is 3.19 bits per heavy atom. The van der Waals surface area contributed by atoms with Crippen molar-refractivity contribution in [2.45, 2.75) is 25.3 Å². The minimum absolute atomic E-state index is 0.0659. The molecule has 3 heterocycles. The van der Waals surface area contributed by atoms with Gasteiger partial charge in [-0.05, 0) is 35.2 Å². The summed E-state index contributed by atoms with van der Waals surface area (Å²) in [4.78, 5) is 27.8. The van der Waals surface area contributed by atoms with Crippen molar-refractivity contribution in [1.29, 1.82) is 0 Å². The second kappa shape index (κ2) is 6.13. The fourth-order valence-corrected chi connectivity index (χ4v) is 3.21. The molecule has 0 spiro atoms. The highest BCUT2D eigenvalue weighted by Crippen LogP contribution is 2.23. The fourth-order valence-electron chi connectivity index (χ4n) is 2.54. The van der Waals surface area contributed by atoms with Crippen molar-refractivity contribution in [2.75, 3.05) is 13.1 Å². The maximum Gasteiger partial charge on any atom is 0.340 e. The molecule has 2 aromatic rings. The van der Waals surface area contributed by atoms with Gasteiger partial charge >= 0.3 is 11.7 Å². The summed E-state index contributed by atoms with van der Waals surface area (Å²) in [5, 5.41) is 13.3. The number of aromatic amines is 2. The number of aromatic nitrogens is 3. The van der Waals surface area contributed by atoms with Crippen molar-refractivity contribution in [1.82, 2.24) is 25.4 Å². The molecule has 1 unspecified atom stereocenters. The van der Waals surface area contributed by atoms with E-state index < -0.39 is 0 Å². The van der Waals surface area contributed by atoms with Gasteiger partial charge in [0.15, 0.2) is 0 Å². The van der Waals surface area contributed by atoms with Gasteiger partial charge in [-0.15, -0.1) is 0 Å². The van der Waals surface area contributed by atoms with Crippen LogP contribution in [0.1, 0.15) is 30.1 Å². The lowest BCUT2D eigenvalue weighted by molar-refractivity contribution is 0.178. The van der Waals surface area contributed by atoms with Crippen LogP contribution in [-0.4, -0.2) is 39.2 Å². The summed E-state index contributed by atoms with van der Waals surface area (Å²) in [6.07, 6.45) is 1.83. The number of carbonyl (C=O) groups is 1. The number of nitrogens with one attached hydrogen (secondary N) is 3. The van der Waals surface area contributed by atoms with Crippen LogP contribution in [-0.2, 0) is 6.54 Å². The molecule has 0 radical (unpaired) electrons. The predicted molar refractivity (Wildman–Crippen MR) is 79.3 cm³/mol. The van der Waals surface area contributed by atoms with Crippen LogP contribution in [0.5, 0.6) is 0 Å². The van der Waals surface area contributed by atoms with Crippen LogP contribution >= 0.6 is 11.3 Å². The van der Waals surface area contributed by atoms with E-state index in [4.69, 9.17) is 0 Å². The molecule has 2 amide bonds. The molecule has 2 aromatic heterocycles. The van der Waals surface area contributed by atoms with Crippen molar-refractivity contribution in [3.8, 4) is 0 Å². The van der Waals surface area contributed by atoms with Crippen LogP contribution in [0, 0.1) is 0 Å². The number of nitrogens with zero attached hydrogens (tertiary/aromatic N) is 2. The van der Waals surface area contributed by atoms with E-state index in [1.807, 2.05) is 16.8 Å². The van der Waals surface area contributed by atoms with E-state index in [0.29, 0.717) is 18.9 Å². The Labute approximate surface area is 125 Å². The Hall–Kier alpha value is -2.09. The van der Waals surface area contributed by atoms with Gasteiger partial charge in [0, 0.05) is 25.6 Å². The van der Waals surface area contributed by atoms with Crippen molar-refractivity contribution in [2.24, 2.45) is 0 Å². The van der Waals surface area contributed by atoms with Crippen LogP contribution in [0.15, 0.2) is 21.6 Å². The number of urea groups is 1. The molecule has 8 heteroatoms. The number of rotatable bonds is 3. The van der Waals surface area contributed by atoms with E-state index >= 15 is 0 Å². The van der Waals surface area contributed by atoms with Gasteiger partial charge in [-0.1, -0.05) is 0 Å².